The first-order valence-corrected chi connectivity index (χ1v) is 25.4. The Bertz CT molecular complexity index is 3740. The normalized spacial score (nSPS) is 13.9. The molecule has 10 rings (SSSR count). The summed E-state index contributed by atoms with van der Waals surface area (Å²) >= 11 is 2.39. The summed E-state index contributed by atoms with van der Waals surface area (Å²) in [6.45, 7) is 24.0. The minimum absolute atomic E-state index is 0.0783. The third-order valence-corrected chi connectivity index (χ3v) is 14.4. The second-order valence-electron chi connectivity index (χ2n) is 21.6. The van der Waals surface area contributed by atoms with E-state index >= 15 is 0 Å². The molecule has 9 aromatic rings. The van der Waals surface area contributed by atoms with Crippen LogP contribution in [0.4, 0.5) is 11.5 Å². The van der Waals surface area contributed by atoms with Gasteiger partial charge in [0.05, 0.1) is 0 Å². The predicted molar refractivity (Wildman–Crippen MR) is 288 cm³/mol. The summed E-state index contributed by atoms with van der Waals surface area (Å²) in [6, 6.07) is 38.2. The van der Waals surface area contributed by atoms with Gasteiger partial charge in [-0.25, -0.2) is 0 Å². The van der Waals surface area contributed by atoms with Crippen molar-refractivity contribution in [2.75, 3.05) is 4.81 Å². The molecule has 0 amide bonds. The van der Waals surface area contributed by atoms with Crippen LogP contribution in [0.2, 0.25) is 6.32 Å². The van der Waals surface area contributed by atoms with E-state index in [4.69, 9.17) is 18.9 Å². The van der Waals surface area contributed by atoms with E-state index < -0.39 is 6.04 Å². The molecule has 0 bridgehead atoms. The van der Waals surface area contributed by atoms with E-state index in [1.54, 1.807) is 0 Å². The van der Waals surface area contributed by atoms with E-state index in [1.807, 2.05) is 54.9 Å². The van der Waals surface area contributed by atoms with Crippen molar-refractivity contribution < 1.29 is 30.9 Å². The second-order valence-corrected chi connectivity index (χ2v) is 22.7. The van der Waals surface area contributed by atoms with E-state index in [0.717, 1.165) is 78.3 Å². The molecule has 0 aliphatic carbocycles. The summed E-state index contributed by atoms with van der Waals surface area (Å²) in [4.78, 5) is 7.15. The third kappa shape index (κ3) is 8.74. The Hall–Kier alpha value is -6.50. The van der Waals surface area contributed by atoms with Crippen LogP contribution in [0.3, 0.4) is 0 Å². The summed E-state index contributed by atoms with van der Waals surface area (Å²) in [5, 5.41) is 4.80. The fourth-order valence-electron chi connectivity index (χ4n) is 9.61. The van der Waals surface area contributed by atoms with Crippen LogP contribution in [-0.2, 0) is 35.6 Å². The first kappa shape index (κ1) is 41.3. The number of aromatic nitrogens is 5. The van der Waals surface area contributed by atoms with Crippen LogP contribution in [-0.4, -0.2) is 30.8 Å². The number of hydrogen-bond donors (Lipinski definition) is 0. The first-order chi connectivity index (χ1) is 35.5. The number of aryl methyl sites for hydroxylation is 1. The molecule has 3 aromatic heterocycles. The molecule has 0 unspecified atom stereocenters. The van der Waals surface area contributed by atoms with E-state index in [2.05, 4.69) is 187 Å². The molecular weight excluding hydrogens is 1040 g/mol. The second kappa shape index (κ2) is 18.0. The van der Waals surface area contributed by atoms with E-state index in [9.17, 15) is 2.74 Å². The van der Waals surface area contributed by atoms with Gasteiger partial charge in [-0.3, -0.25) is 0 Å². The van der Waals surface area contributed by atoms with Crippen molar-refractivity contribution in [3.8, 4) is 56.4 Å². The zero-order valence-corrected chi connectivity index (χ0v) is 44.3. The van der Waals surface area contributed by atoms with Crippen molar-refractivity contribution in [3.63, 3.8) is 0 Å². The van der Waals surface area contributed by atoms with Gasteiger partial charge >= 0.3 is 385 Å². The van der Waals surface area contributed by atoms with Crippen molar-refractivity contribution in [3.05, 3.63) is 184 Å². The molecule has 70 heavy (non-hydrogen) atoms. The van der Waals surface area contributed by atoms with Crippen molar-refractivity contribution in [1.82, 2.24) is 23.8 Å². The molecule has 0 atom stereocenters. The van der Waals surface area contributed by atoms with E-state index in [-0.39, 0.29) is 53.0 Å². The molecule has 0 radical (unpaired) electrons. The Labute approximate surface area is 432 Å². The Morgan fingerprint density at radius 3 is 1.93 bits per heavy atom. The van der Waals surface area contributed by atoms with Gasteiger partial charge in [0, 0.05) is 12.4 Å². The van der Waals surface area contributed by atoms with Gasteiger partial charge in [-0.2, -0.15) is 5.10 Å². The van der Waals surface area contributed by atoms with Crippen LogP contribution in [0.25, 0.3) is 55.9 Å². The minimum atomic E-state index is -0.430. The Kier molecular flexibility index (Phi) is 10.6. The molecule has 6 aromatic carbocycles. The molecular formula is C61H63BN6OPt. The van der Waals surface area contributed by atoms with Crippen LogP contribution in [0.1, 0.15) is 105 Å². The van der Waals surface area contributed by atoms with Gasteiger partial charge < -0.3 is 0 Å². The third-order valence-electron chi connectivity index (χ3n) is 13.4. The molecule has 7 nitrogen and oxygen atoms in total. The number of hydrogen-bond acceptors (Lipinski definition) is 4. The fraction of sp³-hybridized carbons (Fsp3) is 0.262. The SMILES string of the molecule is [2H]c1c([2H])c([2H])c(-c2cc(C(C)(C)C)cc(-c3cc(C(C)(C)C)cc(C(C)(C)C)c3)c2-n2[c](=[Pt])n(-c3cccc(Oc4ccc5c(c4)N(c4cc(C)ccn4)B(CCC)n4nccc4-5)c3)c3ccccc32)c([2H])c1[2H]. The van der Waals surface area contributed by atoms with Crippen molar-refractivity contribution in [2.45, 2.75) is 105 Å². The molecule has 0 fully saturated rings. The quantitative estimate of drug-likeness (QED) is 0.135. The van der Waals surface area contributed by atoms with Gasteiger partial charge in [-0.1, -0.05) is 13.3 Å². The number of rotatable bonds is 9. The van der Waals surface area contributed by atoms with E-state index in [0.29, 0.717) is 22.7 Å². The van der Waals surface area contributed by atoms with Crippen molar-refractivity contribution in [2.24, 2.45) is 0 Å². The number of imidazole rings is 1. The van der Waals surface area contributed by atoms with Crippen LogP contribution >= 0.6 is 0 Å². The molecule has 0 saturated carbocycles. The Balaban J connectivity index is 1.20. The Morgan fingerprint density at radius 1 is 0.629 bits per heavy atom. The molecule has 0 spiro atoms. The van der Waals surface area contributed by atoms with Crippen molar-refractivity contribution >= 4 is 29.5 Å². The standard InChI is InChI=1S/C61H63BN6O.Pt/c1-12-29-62-67(57-32-41(2)27-30-63-57)56-39-49(25-26-50(56)53-28-31-64-68(53)62)69-48-22-18-21-47(38-48)65-40-66(55-24-17-16-23-54(55)65)58-51(42-19-14-13-15-20-42)36-46(61(9,10)11)37-52(58)43-33-44(59(3,4)5)35-45(34-43)60(6,7)8;/h13-28,30-39H,12,29H2,1-11H3;/i13D,14D,15D,19D,20D;. The average molecular weight is 1110 g/mol. The maximum absolute atomic E-state index is 9.49. The van der Waals surface area contributed by atoms with Crippen molar-refractivity contribution in [1.29, 1.82) is 0 Å². The molecule has 0 N–H and O–H groups in total. The summed E-state index contributed by atoms with van der Waals surface area (Å²) in [6.07, 6.45) is 5.55. The molecule has 0 saturated heterocycles. The number of benzene rings is 6. The first-order valence-electron chi connectivity index (χ1n) is 26.7. The van der Waals surface area contributed by atoms with E-state index in [1.165, 1.54) is 11.1 Å². The zero-order chi connectivity index (χ0) is 53.6. The van der Waals surface area contributed by atoms with Crippen LogP contribution in [0.15, 0.2) is 158 Å². The number of pyridine rings is 1. The van der Waals surface area contributed by atoms with Gasteiger partial charge in [-0.05, 0) is 18.6 Å². The predicted octanol–water partition coefficient (Wildman–Crippen LogP) is 16.0. The molecule has 9 heteroatoms. The van der Waals surface area contributed by atoms with Gasteiger partial charge in [0.15, 0.2) is 0 Å². The van der Waals surface area contributed by atoms with Crippen LogP contribution < -0.4 is 9.55 Å². The summed E-state index contributed by atoms with van der Waals surface area (Å²) in [5.41, 5.74) is 12.6. The zero-order valence-electron chi connectivity index (χ0n) is 47.0. The number of fused-ring (bicyclic) bond motifs is 4. The summed E-state index contributed by atoms with van der Waals surface area (Å²) < 4.78 is 59.7. The van der Waals surface area contributed by atoms with Gasteiger partial charge in [0.25, 0.3) is 0 Å². The molecule has 1 aliphatic rings. The average Bonchev–Trinajstić information content (AvgIpc) is 3.98. The molecule has 356 valence electrons. The van der Waals surface area contributed by atoms with Crippen LogP contribution in [0, 0.1) is 10.7 Å². The fourth-order valence-corrected chi connectivity index (χ4v) is 10.7. The number of anilines is 2. The number of nitrogens with zero attached hydrogens (tertiary/aromatic N) is 6. The van der Waals surface area contributed by atoms with Gasteiger partial charge in [0.2, 0.25) is 0 Å². The van der Waals surface area contributed by atoms with Gasteiger partial charge in [-0.15, -0.1) is 0 Å². The summed E-state index contributed by atoms with van der Waals surface area (Å²) in [5.74, 6) is 2.16. The Morgan fingerprint density at radius 2 is 1.27 bits per heavy atom. The van der Waals surface area contributed by atoms with Gasteiger partial charge in [0.1, 0.15) is 0 Å². The monoisotopic (exact) mass is 1110 g/mol. The molecule has 4 heterocycles. The van der Waals surface area contributed by atoms with Crippen LogP contribution in [0.5, 0.6) is 11.5 Å². The maximum atomic E-state index is 9.49. The number of para-hydroxylation sites is 2. The number of ether oxygens (including phenoxy) is 1. The molecule has 1 aliphatic heterocycles. The summed E-state index contributed by atoms with van der Waals surface area (Å²) in [7, 11) is 0. The topological polar surface area (TPSA) is 53.0 Å².